The number of benzene rings is 1. The van der Waals surface area contributed by atoms with Crippen molar-refractivity contribution in [1.82, 2.24) is 0 Å². The zero-order valence-corrected chi connectivity index (χ0v) is 23.3. The highest BCUT2D eigenvalue weighted by molar-refractivity contribution is 6.60. The van der Waals surface area contributed by atoms with Crippen LogP contribution in [-0.2, 0) is 22.8 Å². The Morgan fingerprint density at radius 1 is 0.886 bits per heavy atom. The number of carbonyl (C=O) groups is 1. The third-order valence-corrected chi connectivity index (χ3v) is 9.84. The normalized spacial score (nSPS) is 18.6. The number of ether oxygens (including phenoxy) is 2. The van der Waals surface area contributed by atoms with Crippen molar-refractivity contribution in [3.63, 3.8) is 0 Å². The quantitative estimate of drug-likeness (QED) is 0.102. The molecule has 1 aliphatic carbocycles. The second kappa shape index (κ2) is 16.9. The summed E-state index contributed by atoms with van der Waals surface area (Å²) in [7, 11) is -1.11. The maximum atomic E-state index is 11.2. The van der Waals surface area contributed by atoms with Crippen LogP contribution in [0.15, 0.2) is 30.3 Å². The average molecular weight is 507 g/mol. The van der Waals surface area contributed by atoms with Crippen molar-refractivity contribution in [2.24, 2.45) is 11.8 Å². The molecule has 2 rings (SSSR count). The first-order valence-corrected chi connectivity index (χ1v) is 15.4. The largest absolute Gasteiger partial charge is 0.500 e. The first kappa shape index (κ1) is 29.6. The van der Waals surface area contributed by atoms with Crippen molar-refractivity contribution in [2.75, 3.05) is 33.5 Å². The molecule has 0 aliphatic heterocycles. The molecule has 0 radical (unpaired) electrons. The van der Waals surface area contributed by atoms with Crippen LogP contribution in [0.5, 0.6) is 5.75 Å². The highest BCUT2D eigenvalue weighted by Crippen LogP contribution is 2.34. The molecule has 0 spiro atoms. The smallest absolute Gasteiger partial charge is 0.494 e. The van der Waals surface area contributed by atoms with Crippen LogP contribution < -0.4 is 4.74 Å². The highest BCUT2D eigenvalue weighted by Gasteiger charge is 2.39. The van der Waals surface area contributed by atoms with Gasteiger partial charge in [0, 0.05) is 31.9 Å². The van der Waals surface area contributed by atoms with Crippen molar-refractivity contribution < 1.29 is 27.5 Å². The molecule has 0 aromatic heterocycles. The van der Waals surface area contributed by atoms with Gasteiger partial charge in [-0.15, -0.1) is 0 Å². The Kier molecular flexibility index (Phi) is 14.3. The summed E-state index contributed by atoms with van der Waals surface area (Å²) in [6, 6.07) is 8.73. The van der Waals surface area contributed by atoms with Crippen LogP contribution >= 0.6 is 0 Å². The third-order valence-electron chi connectivity index (χ3n) is 6.69. The van der Waals surface area contributed by atoms with Gasteiger partial charge < -0.3 is 22.8 Å². The van der Waals surface area contributed by atoms with E-state index < -0.39 is 8.80 Å². The molecule has 7 heteroatoms. The van der Waals surface area contributed by atoms with Crippen molar-refractivity contribution in [1.29, 1.82) is 0 Å². The van der Waals surface area contributed by atoms with E-state index in [9.17, 15) is 4.79 Å². The minimum Gasteiger partial charge on any atom is -0.494 e. The number of hydrogen-bond acceptors (Lipinski definition) is 6. The predicted octanol–water partition coefficient (Wildman–Crippen LogP) is 6.67. The van der Waals surface area contributed by atoms with E-state index in [1.807, 2.05) is 45.0 Å². The van der Waals surface area contributed by atoms with Crippen LogP contribution in [0.25, 0.3) is 6.08 Å². The maximum absolute atomic E-state index is 11.2. The van der Waals surface area contributed by atoms with Crippen LogP contribution in [0.2, 0.25) is 6.04 Å². The van der Waals surface area contributed by atoms with Gasteiger partial charge in [0.05, 0.1) is 13.7 Å². The summed E-state index contributed by atoms with van der Waals surface area (Å²) in [6.07, 6.45) is 13.2. The molecule has 0 amide bonds. The predicted molar refractivity (Wildman–Crippen MR) is 142 cm³/mol. The lowest BCUT2D eigenvalue weighted by Gasteiger charge is -2.30. The summed E-state index contributed by atoms with van der Waals surface area (Å²) in [5.41, 5.74) is 0.947. The molecule has 0 atom stereocenters. The monoisotopic (exact) mass is 506 g/mol. The van der Waals surface area contributed by atoms with Gasteiger partial charge in [0.15, 0.2) is 0 Å². The molecule has 0 heterocycles. The summed E-state index contributed by atoms with van der Waals surface area (Å²) < 4.78 is 28.5. The zero-order valence-electron chi connectivity index (χ0n) is 22.3. The highest BCUT2D eigenvalue weighted by atomic mass is 28.4. The second-order valence-electron chi connectivity index (χ2n) is 9.18. The van der Waals surface area contributed by atoms with E-state index in [1.54, 1.807) is 6.08 Å². The SMILES string of the molecule is CCO[Si](CCCCC1CCC(CCOc2ccc(C=CC(=O)OC)cc2)CC1)(OCC)OCC. The van der Waals surface area contributed by atoms with Crippen molar-refractivity contribution in [3.8, 4) is 5.75 Å². The fourth-order valence-corrected chi connectivity index (χ4v) is 7.52. The molecule has 1 fully saturated rings. The molecule has 1 aliphatic rings. The fraction of sp³-hybridized carbons (Fsp3) is 0.679. The molecule has 35 heavy (non-hydrogen) atoms. The minimum absolute atomic E-state index is 0.353. The van der Waals surface area contributed by atoms with Gasteiger partial charge in [-0.25, -0.2) is 4.79 Å². The summed E-state index contributed by atoms with van der Waals surface area (Å²) in [5.74, 6) is 2.13. The Bertz CT molecular complexity index is 710. The number of methoxy groups -OCH3 is 1. The van der Waals surface area contributed by atoms with Gasteiger partial charge in [0.25, 0.3) is 0 Å². The number of rotatable bonds is 17. The Balaban J connectivity index is 1.61. The zero-order chi connectivity index (χ0) is 25.4. The minimum atomic E-state index is -2.49. The fourth-order valence-electron chi connectivity index (χ4n) is 4.84. The first-order valence-electron chi connectivity index (χ1n) is 13.4. The summed E-state index contributed by atoms with van der Waals surface area (Å²) in [5, 5.41) is 0. The number of unbranched alkanes of at least 4 members (excludes halogenated alkanes) is 1. The lowest BCUT2D eigenvalue weighted by molar-refractivity contribution is -0.134. The lowest BCUT2D eigenvalue weighted by Crippen LogP contribution is -2.45. The second-order valence-corrected chi connectivity index (χ2v) is 11.9. The van der Waals surface area contributed by atoms with Crippen LogP contribution in [0.3, 0.4) is 0 Å². The molecule has 0 N–H and O–H groups in total. The lowest BCUT2D eigenvalue weighted by atomic mass is 9.79. The Labute approximate surface area is 213 Å². The molecule has 1 saturated carbocycles. The van der Waals surface area contributed by atoms with E-state index in [4.69, 9.17) is 18.0 Å². The van der Waals surface area contributed by atoms with Crippen LogP contribution in [-0.4, -0.2) is 48.3 Å². The molecule has 1 aromatic rings. The number of hydrogen-bond donors (Lipinski definition) is 0. The van der Waals surface area contributed by atoms with E-state index in [0.717, 1.165) is 48.6 Å². The van der Waals surface area contributed by atoms with E-state index in [-0.39, 0.29) is 5.97 Å². The van der Waals surface area contributed by atoms with Gasteiger partial charge in [-0.1, -0.05) is 50.7 Å². The molecule has 6 nitrogen and oxygen atoms in total. The third kappa shape index (κ3) is 11.3. The molecule has 0 unspecified atom stereocenters. The number of esters is 1. The summed E-state index contributed by atoms with van der Waals surface area (Å²) in [6.45, 7) is 8.77. The van der Waals surface area contributed by atoms with Gasteiger partial charge in [0.1, 0.15) is 5.75 Å². The molecular formula is C28H46O6Si. The number of carbonyl (C=O) groups excluding carboxylic acids is 1. The first-order chi connectivity index (χ1) is 17.0. The average Bonchev–Trinajstić information content (AvgIpc) is 2.87. The van der Waals surface area contributed by atoms with Crippen LogP contribution in [0.4, 0.5) is 0 Å². The Hall–Kier alpha value is -1.67. The molecule has 1 aromatic carbocycles. The van der Waals surface area contributed by atoms with Crippen molar-refractivity contribution >= 4 is 20.8 Å². The maximum Gasteiger partial charge on any atom is 0.500 e. The van der Waals surface area contributed by atoms with E-state index in [2.05, 4.69) is 4.74 Å². The van der Waals surface area contributed by atoms with Gasteiger partial charge in [-0.05, 0) is 69.2 Å². The van der Waals surface area contributed by atoms with Gasteiger partial charge in [0.2, 0.25) is 0 Å². The van der Waals surface area contributed by atoms with Crippen LogP contribution in [0, 0.1) is 11.8 Å². The Morgan fingerprint density at radius 2 is 1.46 bits per heavy atom. The molecular weight excluding hydrogens is 460 g/mol. The van der Waals surface area contributed by atoms with Crippen molar-refractivity contribution in [2.45, 2.75) is 78.2 Å². The van der Waals surface area contributed by atoms with E-state index in [1.165, 1.54) is 51.7 Å². The van der Waals surface area contributed by atoms with E-state index >= 15 is 0 Å². The Morgan fingerprint density at radius 3 is 2.00 bits per heavy atom. The molecule has 0 saturated heterocycles. The topological polar surface area (TPSA) is 63.2 Å². The van der Waals surface area contributed by atoms with Gasteiger partial charge in [-0.3, -0.25) is 0 Å². The molecule has 198 valence electrons. The summed E-state index contributed by atoms with van der Waals surface area (Å²) in [4.78, 5) is 11.2. The van der Waals surface area contributed by atoms with Crippen molar-refractivity contribution in [3.05, 3.63) is 35.9 Å². The summed E-state index contributed by atoms with van der Waals surface area (Å²) >= 11 is 0. The van der Waals surface area contributed by atoms with E-state index in [0.29, 0.717) is 19.8 Å². The van der Waals surface area contributed by atoms with Crippen LogP contribution in [0.1, 0.15) is 77.7 Å². The standard InChI is InChI=1S/C28H46O6Si/c1-5-32-35(33-6-2,34-7-3)23-9-8-10-24-11-13-26(14-12-24)21-22-31-27-18-15-25(16-19-27)17-20-28(29)30-4/h15-20,24,26H,5-14,21-23H2,1-4H3. The van der Waals surface area contributed by atoms with Gasteiger partial charge >= 0.3 is 14.8 Å². The molecule has 0 bridgehead atoms. The van der Waals surface area contributed by atoms with Gasteiger partial charge in [-0.2, -0.15) is 0 Å².